The second-order valence-electron chi connectivity index (χ2n) is 7.34. The van der Waals surface area contributed by atoms with E-state index in [2.05, 4.69) is 0 Å². The van der Waals surface area contributed by atoms with Crippen LogP contribution in [0.5, 0.6) is 0 Å². The molecule has 29 heavy (non-hydrogen) atoms. The van der Waals surface area contributed by atoms with E-state index in [1.165, 1.54) is 17.0 Å². The Morgan fingerprint density at radius 1 is 1.28 bits per heavy atom. The molecule has 1 saturated heterocycles. The van der Waals surface area contributed by atoms with Crippen LogP contribution in [-0.2, 0) is 35.0 Å². The highest BCUT2D eigenvalue weighted by Gasteiger charge is 2.34. The number of carbonyl (C=O) groups excluding carboxylic acids is 2. The maximum absolute atomic E-state index is 12.6. The normalized spacial score (nSPS) is 18.3. The van der Waals surface area contributed by atoms with Crippen molar-refractivity contribution in [2.24, 2.45) is 0 Å². The number of hydrogen-bond acceptors (Lipinski definition) is 7. The van der Waals surface area contributed by atoms with E-state index in [0.29, 0.717) is 18.5 Å². The number of hydrogen-bond donors (Lipinski definition) is 0. The Morgan fingerprint density at radius 3 is 2.59 bits per heavy atom. The minimum atomic E-state index is -3.25. The molecule has 1 fully saturated rings. The van der Waals surface area contributed by atoms with Gasteiger partial charge in [0.1, 0.15) is 0 Å². The first-order chi connectivity index (χ1) is 13.5. The zero-order valence-corrected chi connectivity index (χ0v) is 18.3. The fourth-order valence-corrected chi connectivity index (χ4v) is 5.76. The van der Waals surface area contributed by atoms with Crippen LogP contribution >= 0.6 is 0 Å². The molecule has 1 amide bonds. The molecule has 2 rings (SSSR count). The second kappa shape index (κ2) is 9.71. The van der Waals surface area contributed by atoms with Crippen molar-refractivity contribution in [1.82, 2.24) is 4.90 Å². The van der Waals surface area contributed by atoms with Gasteiger partial charge in [-0.3, -0.25) is 4.79 Å². The van der Waals surface area contributed by atoms with E-state index in [9.17, 15) is 26.4 Å². The number of esters is 1. The monoisotopic (exact) mass is 445 g/mol. The molecular weight excluding hydrogens is 418 g/mol. The molecule has 0 aromatic heterocycles. The van der Waals surface area contributed by atoms with Gasteiger partial charge in [-0.1, -0.05) is 25.5 Å². The second-order valence-corrected chi connectivity index (χ2v) is 11.7. The number of ether oxygens (including phenoxy) is 1. The summed E-state index contributed by atoms with van der Waals surface area (Å²) in [6.45, 7) is 1.89. The van der Waals surface area contributed by atoms with E-state index >= 15 is 0 Å². The number of amides is 1. The van der Waals surface area contributed by atoms with Crippen molar-refractivity contribution in [2.45, 2.75) is 38.0 Å². The summed E-state index contributed by atoms with van der Waals surface area (Å²) in [4.78, 5) is 26.4. The quantitative estimate of drug-likeness (QED) is 0.525. The van der Waals surface area contributed by atoms with Crippen LogP contribution in [0.25, 0.3) is 0 Å². The molecule has 1 atom stereocenters. The van der Waals surface area contributed by atoms with Gasteiger partial charge in [0, 0.05) is 18.8 Å². The van der Waals surface area contributed by atoms with Crippen LogP contribution < -0.4 is 0 Å². The Hall–Kier alpha value is -1.94. The van der Waals surface area contributed by atoms with Crippen LogP contribution in [-0.4, -0.2) is 70.6 Å². The summed E-state index contributed by atoms with van der Waals surface area (Å²) in [5.41, 5.74) is 0.608. The van der Waals surface area contributed by atoms with E-state index in [1.807, 2.05) is 6.92 Å². The van der Waals surface area contributed by atoms with Crippen molar-refractivity contribution in [1.29, 1.82) is 0 Å². The molecule has 1 aromatic carbocycles. The fourth-order valence-electron chi connectivity index (χ4n) is 3.24. The zero-order valence-electron chi connectivity index (χ0n) is 16.7. The highest BCUT2D eigenvalue weighted by molar-refractivity contribution is 7.91. The molecule has 0 bridgehead atoms. The summed E-state index contributed by atoms with van der Waals surface area (Å²) in [5, 5.41) is 0. The topological polar surface area (TPSA) is 115 Å². The number of nitrogens with zero attached hydrogens (tertiary/aromatic N) is 1. The maximum atomic E-state index is 12.6. The Bertz CT molecular complexity index is 955. The lowest BCUT2D eigenvalue weighted by molar-refractivity contribution is -0.136. The Kier molecular flexibility index (Phi) is 7.81. The first kappa shape index (κ1) is 23.3. The minimum Gasteiger partial charge on any atom is -0.452 e. The van der Waals surface area contributed by atoms with Gasteiger partial charge in [0.25, 0.3) is 5.91 Å². The largest absolute Gasteiger partial charge is 0.452 e. The number of benzene rings is 1. The van der Waals surface area contributed by atoms with Gasteiger partial charge in [-0.05, 0) is 30.5 Å². The molecule has 1 heterocycles. The van der Waals surface area contributed by atoms with Crippen LogP contribution in [0.2, 0.25) is 0 Å². The smallest absolute Gasteiger partial charge is 0.338 e. The summed E-state index contributed by atoms with van der Waals surface area (Å²) in [7, 11) is -6.39. The SMILES string of the molecule is CCCCN(C(=O)COC(=O)c1cccc(CS(C)(=O)=O)c1)C1CCS(=O)(=O)C1. The summed E-state index contributed by atoms with van der Waals surface area (Å²) in [6, 6.07) is 5.66. The molecule has 1 aliphatic heterocycles. The van der Waals surface area contributed by atoms with Crippen LogP contribution in [0, 0.1) is 0 Å². The summed E-state index contributed by atoms with van der Waals surface area (Å²) in [6.07, 6.45) is 3.06. The van der Waals surface area contributed by atoms with Crippen molar-refractivity contribution in [3.8, 4) is 0 Å². The van der Waals surface area contributed by atoms with Crippen molar-refractivity contribution in [3.05, 3.63) is 35.4 Å². The molecule has 0 radical (unpaired) electrons. The van der Waals surface area contributed by atoms with Gasteiger partial charge in [-0.25, -0.2) is 21.6 Å². The van der Waals surface area contributed by atoms with Gasteiger partial charge in [0.2, 0.25) is 0 Å². The minimum absolute atomic E-state index is 0.0560. The average molecular weight is 446 g/mol. The summed E-state index contributed by atoms with van der Waals surface area (Å²) >= 11 is 0. The Balaban J connectivity index is 2.01. The first-order valence-corrected chi connectivity index (χ1v) is 13.3. The van der Waals surface area contributed by atoms with Gasteiger partial charge >= 0.3 is 5.97 Å². The molecule has 1 aliphatic rings. The standard InChI is InChI=1S/C19H27NO7S2/c1-3-4-9-20(17-8-10-29(25,26)14-17)18(21)12-27-19(22)16-7-5-6-15(11-16)13-28(2,23)24/h5-7,11,17H,3-4,8-10,12-14H2,1-2H3. The number of rotatable bonds is 9. The summed E-state index contributed by atoms with van der Waals surface area (Å²) < 4.78 is 51.5. The van der Waals surface area contributed by atoms with E-state index in [-0.39, 0.29) is 22.8 Å². The maximum Gasteiger partial charge on any atom is 0.338 e. The van der Waals surface area contributed by atoms with Gasteiger partial charge in [0.05, 0.1) is 22.8 Å². The molecule has 8 nitrogen and oxygen atoms in total. The van der Waals surface area contributed by atoms with Crippen LogP contribution in [0.4, 0.5) is 0 Å². The highest BCUT2D eigenvalue weighted by atomic mass is 32.2. The van der Waals surface area contributed by atoms with E-state index in [1.54, 1.807) is 12.1 Å². The van der Waals surface area contributed by atoms with Gasteiger partial charge in [-0.2, -0.15) is 0 Å². The third-order valence-corrected chi connectivity index (χ3v) is 7.25. The predicted molar refractivity (Wildman–Crippen MR) is 109 cm³/mol. The van der Waals surface area contributed by atoms with E-state index < -0.39 is 44.2 Å². The molecule has 0 N–H and O–H groups in total. The lowest BCUT2D eigenvalue weighted by Crippen LogP contribution is -2.43. The van der Waals surface area contributed by atoms with Crippen LogP contribution in [0.3, 0.4) is 0 Å². The lowest BCUT2D eigenvalue weighted by atomic mass is 10.1. The molecular formula is C19H27NO7S2. The molecule has 0 spiro atoms. The van der Waals surface area contributed by atoms with Crippen molar-refractivity contribution < 1.29 is 31.2 Å². The highest BCUT2D eigenvalue weighted by Crippen LogP contribution is 2.19. The van der Waals surface area contributed by atoms with Crippen molar-refractivity contribution >= 4 is 31.6 Å². The van der Waals surface area contributed by atoms with Crippen LogP contribution in [0.1, 0.15) is 42.1 Å². The predicted octanol–water partition coefficient (Wildman–Crippen LogP) is 1.20. The Morgan fingerprint density at radius 2 is 2.00 bits per heavy atom. The lowest BCUT2D eigenvalue weighted by Gasteiger charge is -2.28. The zero-order chi connectivity index (χ0) is 21.7. The molecule has 0 saturated carbocycles. The molecule has 1 unspecified atom stereocenters. The fraction of sp³-hybridized carbons (Fsp3) is 0.579. The van der Waals surface area contributed by atoms with Gasteiger partial charge in [0.15, 0.2) is 26.3 Å². The van der Waals surface area contributed by atoms with Crippen molar-refractivity contribution in [2.75, 3.05) is 30.9 Å². The van der Waals surface area contributed by atoms with Crippen molar-refractivity contribution in [3.63, 3.8) is 0 Å². The molecule has 1 aromatic rings. The third kappa shape index (κ3) is 7.43. The van der Waals surface area contributed by atoms with Crippen LogP contribution in [0.15, 0.2) is 24.3 Å². The molecule has 162 valence electrons. The third-order valence-electron chi connectivity index (χ3n) is 4.64. The van der Waals surface area contributed by atoms with Gasteiger partial charge in [-0.15, -0.1) is 0 Å². The van der Waals surface area contributed by atoms with Gasteiger partial charge < -0.3 is 9.64 Å². The first-order valence-electron chi connectivity index (χ1n) is 9.44. The summed E-state index contributed by atoms with van der Waals surface area (Å²) in [5.74, 6) is -1.37. The molecule has 10 heteroatoms. The number of carbonyl (C=O) groups is 2. The molecule has 0 aliphatic carbocycles. The Labute approximate surface area is 172 Å². The van der Waals surface area contributed by atoms with E-state index in [4.69, 9.17) is 4.74 Å². The average Bonchev–Trinajstić information content (AvgIpc) is 2.98. The van der Waals surface area contributed by atoms with E-state index in [0.717, 1.165) is 19.1 Å². The number of unbranched alkanes of at least 4 members (excludes halogenated alkanes) is 1. The number of sulfone groups is 2.